The van der Waals surface area contributed by atoms with Gasteiger partial charge in [-0.05, 0) is 42.5 Å². The Hall–Kier alpha value is -0.780. The van der Waals surface area contributed by atoms with E-state index in [9.17, 15) is 0 Å². The van der Waals surface area contributed by atoms with Gasteiger partial charge in [-0.15, -0.1) is 0 Å². The molecular formula is C15H19BrN2OS. The van der Waals surface area contributed by atoms with E-state index in [4.69, 9.17) is 10.5 Å². The number of halogens is 1. The molecule has 108 valence electrons. The van der Waals surface area contributed by atoms with Gasteiger partial charge in [0.25, 0.3) is 0 Å². The predicted molar refractivity (Wildman–Crippen MR) is 89.8 cm³/mol. The molecule has 0 saturated heterocycles. The lowest BCUT2D eigenvalue weighted by atomic mass is 10.1. The number of amidine groups is 1. The van der Waals surface area contributed by atoms with Gasteiger partial charge >= 0.3 is 0 Å². The van der Waals surface area contributed by atoms with Crippen molar-refractivity contribution in [3.8, 4) is 0 Å². The molecule has 5 heteroatoms. The smallest absolute Gasteiger partial charge is 0.158 e. The number of aliphatic imine (C=N–C) groups is 1. The Labute approximate surface area is 132 Å². The van der Waals surface area contributed by atoms with E-state index in [0.717, 1.165) is 36.1 Å². The van der Waals surface area contributed by atoms with Gasteiger partial charge in [0.2, 0.25) is 0 Å². The van der Waals surface area contributed by atoms with Crippen molar-refractivity contribution >= 4 is 32.9 Å². The summed E-state index contributed by atoms with van der Waals surface area (Å²) in [6.45, 7) is 1.49. The standard InChI is InChI=1S/C15H19BrN2OS/c16-14-6-4-12(5-7-14)10-19-8-2-1-3-13-9-18-15(17)20-11-13/h4-7,9H,1-3,8,10-11H2,(H2,17,18). The van der Waals surface area contributed by atoms with Crippen LogP contribution in [0, 0.1) is 0 Å². The van der Waals surface area contributed by atoms with Crippen molar-refractivity contribution in [3.63, 3.8) is 0 Å². The Balaban J connectivity index is 1.55. The lowest BCUT2D eigenvalue weighted by Crippen LogP contribution is -2.10. The molecule has 0 saturated carbocycles. The molecular weight excluding hydrogens is 336 g/mol. The summed E-state index contributed by atoms with van der Waals surface area (Å²) in [5.41, 5.74) is 8.19. The molecule has 0 bridgehead atoms. The molecule has 0 atom stereocenters. The summed E-state index contributed by atoms with van der Waals surface area (Å²) in [7, 11) is 0. The average Bonchev–Trinajstić information content (AvgIpc) is 2.46. The van der Waals surface area contributed by atoms with E-state index in [2.05, 4.69) is 33.1 Å². The third-order valence-corrected chi connectivity index (χ3v) is 4.44. The molecule has 0 spiro atoms. The van der Waals surface area contributed by atoms with E-state index < -0.39 is 0 Å². The zero-order chi connectivity index (χ0) is 14.2. The minimum atomic E-state index is 0.673. The molecule has 1 aromatic carbocycles. The van der Waals surface area contributed by atoms with E-state index >= 15 is 0 Å². The van der Waals surface area contributed by atoms with Gasteiger partial charge in [0.1, 0.15) is 0 Å². The van der Waals surface area contributed by atoms with Crippen LogP contribution >= 0.6 is 27.7 Å². The van der Waals surface area contributed by atoms with E-state index in [-0.39, 0.29) is 0 Å². The lowest BCUT2D eigenvalue weighted by molar-refractivity contribution is 0.117. The predicted octanol–water partition coefficient (Wildman–Crippen LogP) is 4.08. The van der Waals surface area contributed by atoms with Gasteiger partial charge in [0, 0.05) is 23.0 Å². The fourth-order valence-electron chi connectivity index (χ4n) is 1.86. The summed E-state index contributed by atoms with van der Waals surface area (Å²) in [4.78, 5) is 4.13. The molecule has 0 aromatic heterocycles. The first-order chi connectivity index (χ1) is 9.74. The molecule has 3 nitrogen and oxygen atoms in total. The number of thioether (sulfide) groups is 1. The van der Waals surface area contributed by atoms with Gasteiger partial charge in [0.05, 0.1) is 6.61 Å². The maximum Gasteiger partial charge on any atom is 0.158 e. The van der Waals surface area contributed by atoms with Gasteiger partial charge < -0.3 is 10.5 Å². The zero-order valence-electron chi connectivity index (χ0n) is 11.3. The largest absolute Gasteiger partial charge is 0.378 e. The SMILES string of the molecule is NC1=NC=C(CCCCOCc2ccc(Br)cc2)CS1. The van der Waals surface area contributed by atoms with Crippen LogP contribution in [0.3, 0.4) is 0 Å². The van der Waals surface area contributed by atoms with Crippen LogP contribution in [0.25, 0.3) is 0 Å². The normalized spacial score (nSPS) is 14.8. The second-order valence-corrected chi connectivity index (χ2v) is 6.59. The van der Waals surface area contributed by atoms with Crippen LogP contribution in [-0.2, 0) is 11.3 Å². The number of unbranched alkanes of at least 4 members (excludes halogenated alkanes) is 1. The molecule has 20 heavy (non-hydrogen) atoms. The van der Waals surface area contributed by atoms with Crippen molar-refractivity contribution in [1.29, 1.82) is 0 Å². The summed E-state index contributed by atoms with van der Waals surface area (Å²) < 4.78 is 6.78. The number of benzene rings is 1. The first kappa shape index (κ1) is 15.6. The summed E-state index contributed by atoms with van der Waals surface area (Å²) in [5, 5.41) is 0.673. The van der Waals surface area contributed by atoms with Gasteiger partial charge in [0.15, 0.2) is 5.17 Å². The molecule has 2 N–H and O–H groups in total. The van der Waals surface area contributed by atoms with Crippen LogP contribution in [0.4, 0.5) is 0 Å². The maximum absolute atomic E-state index is 5.68. The van der Waals surface area contributed by atoms with Gasteiger partial charge in [-0.1, -0.05) is 39.8 Å². The van der Waals surface area contributed by atoms with Crippen LogP contribution < -0.4 is 5.73 Å². The Morgan fingerprint density at radius 1 is 1.25 bits per heavy atom. The number of ether oxygens (including phenoxy) is 1. The van der Waals surface area contributed by atoms with Gasteiger partial charge in [-0.2, -0.15) is 0 Å². The maximum atomic E-state index is 5.68. The fourth-order valence-corrected chi connectivity index (χ4v) is 2.80. The Morgan fingerprint density at radius 2 is 2.05 bits per heavy atom. The molecule has 0 unspecified atom stereocenters. The van der Waals surface area contributed by atoms with Crippen molar-refractivity contribution in [1.82, 2.24) is 0 Å². The summed E-state index contributed by atoms with van der Waals surface area (Å²) in [5.74, 6) is 0.981. The molecule has 1 aliphatic heterocycles. The summed E-state index contributed by atoms with van der Waals surface area (Å²) in [6.07, 6.45) is 5.22. The highest BCUT2D eigenvalue weighted by Crippen LogP contribution is 2.18. The Morgan fingerprint density at radius 3 is 2.75 bits per heavy atom. The van der Waals surface area contributed by atoms with Crippen molar-refractivity contribution in [2.45, 2.75) is 25.9 Å². The van der Waals surface area contributed by atoms with E-state index in [1.54, 1.807) is 11.8 Å². The van der Waals surface area contributed by atoms with Crippen molar-refractivity contribution < 1.29 is 4.74 Å². The number of nitrogens with zero attached hydrogens (tertiary/aromatic N) is 1. The zero-order valence-corrected chi connectivity index (χ0v) is 13.8. The number of hydrogen-bond acceptors (Lipinski definition) is 4. The highest BCUT2D eigenvalue weighted by Gasteiger charge is 2.05. The van der Waals surface area contributed by atoms with E-state index in [0.29, 0.717) is 11.8 Å². The van der Waals surface area contributed by atoms with Crippen LogP contribution in [0.2, 0.25) is 0 Å². The molecule has 1 aliphatic rings. The number of rotatable bonds is 7. The molecule has 0 fully saturated rings. The lowest BCUT2D eigenvalue weighted by Gasteiger charge is -2.10. The summed E-state index contributed by atoms with van der Waals surface area (Å²) >= 11 is 5.04. The minimum Gasteiger partial charge on any atom is -0.378 e. The molecule has 1 aromatic rings. The van der Waals surface area contributed by atoms with Crippen LogP contribution in [-0.4, -0.2) is 17.5 Å². The van der Waals surface area contributed by atoms with Crippen LogP contribution in [0.5, 0.6) is 0 Å². The second kappa shape index (κ2) is 8.49. The van der Waals surface area contributed by atoms with Crippen molar-refractivity contribution in [3.05, 3.63) is 46.1 Å². The van der Waals surface area contributed by atoms with E-state index in [1.807, 2.05) is 18.3 Å². The topological polar surface area (TPSA) is 47.6 Å². The van der Waals surface area contributed by atoms with Crippen molar-refractivity contribution in [2.75, 3.05) is 12.4 Å². The first-order valence-corrected chi connectivity index (χ1v) is 8.48. The number of hydrogen-bond donors (Lipinski definition) is 1. The monoisotopic (exact) mass is 354 g/mol. The quantitative estimate of drug-likeness (QED) is 0.750. The Kier molecular flexibility index (Phi) is 6.63. The van der Waals surface area contributed by atoms with Crippen LogP contribution in [0.15, 0.2) is 45.5 Å². The third-order valence-electron chi connectivity index (χ3n) is 3.00. The van der Waals surface area contributed by atoms with Gasteiger partial charge in [-0.3, -0.25) is 0 Å². The Bertz CT molecular complexity index is 485. The molecule has 2 rings (SSSR count). The van der Waals surface area contributed by atoms with Crippen LogP contribution in [0.1, 0.15) is 24.8 Å². The fraction of sp³-hybridized carbons (Fsp3) is 0.400. The molecule has 0 amide bonds. The third kappa shape index (κ3) is 5.69. The highest BCUT2D eigenvalue weighted by atomic mass is 79.9. The van der Waals surface area contributed by atoms with Crippen molar-refractivity contribution in [2.24, 2.45) is 10.7 Å². The van der Waals surface area contributed by atoms with Gasteiger partial charge in [-0.25, -0.2) is 4.99 Å². The number of nitrogens with two attached hydrogens (primary N) is 1. The molecule has 0 aliphatic carbocycles. The first-order valence-electron chi connectivity index (χ1n) is 6.70. The van der Waals surface area contributed by atoms with E-state index in [1.165, 1.54) is 11.1 Å². The minimum absolute atomic E-state index is 0.673. The second-order valence-electron chi connectivity index (χ2n) is 4.68. The molecule has 1 heterocycles. The average molecular weight is 355 g/mol. The molecule has 0 radical (unpaired) electrons. The summed E-state index contributed by atoms with van der Waals surface area (Å²) in [6, 6.07) is 8.24. The highest BCUT2D eigenvalue weighted by molar-refractivity contribution is 9.10.